The van der Waals surface area contributed by atoms with Crippen LogP contribution in [0.15, 0.2) is 47.5 Å². The number of carbonyl (C=O) groups is 1. The van der Waals surface area contributed by atoms with Crippen molar-refractivity contribution in [3.8, 4) is 5.75 Å². The number of unbranched alkanes of at least 4 members (excludes halogenated alkanes) is 1. The van der Waals surface area contributed by atoms with Gasteiger partial charge in [-0.05, 0) is 55.3 Å². The van der Waals surface area contributed by atoms with Gasteiger partial charge in [0, 0.05) is 16.6 Å². The summed E-state index contributed by atoms with van der Waals surface area (Å²) in [5, 5.41) is 3.67. The average molecular weight is 415 g/mol. The Morgan fingerprint density at radius 3 is 2.69 bits per heavy atom. The fraction of sp³-hybridized carbons (Fsp3) is 0.364. The van der Waals surface area contributed by atoms with E-state index in [1.165, 1.54) is 0 Å². The predicted molar refractivity (Wildman–Crippen MR) is 117 cm³/mol. The summed E-state index contributed by atoms with van der Waals surface area (Å²) < 4.78 is 5.76. The molecule has 5 N–H and O–H groups in total. The minimum Gasteiger partial charge on any atom is -0.481 e. The summed E-state index contributed by atoms with van der Waals surface area (Å²) in [6.07, 6.45) is 2.48. The third-order valence-corrected chi connectivity index (χ3v) is 5.31. The van der Waals surface area contributed by atoms with Crippen molar-refractivity contribution in [1.82, 2.24) is 5.32 Å². The first-order valence-electron chi connectivity index (χ1n) is 9.85. The van der Waals surface area contributed by atoms with E-state index < -0.39 is 0 Å². The minimum atomic E-state index is -0.390. The van der Waals surface area contributed by atoms with Crippen molar-refractivity contribution in [3.05, 3.63) is 58.6 Å². The predicted octanol–water partition coefficient (Wildman–Crippen LogP) is 4.10. The molecule has 0 radical (unpaired) electrons. The van der Waals surface area contributed by atoms with Gasteiger partial charge in [0.25, 0.3) is 5.91 Å². The number of benzene rings is 2. The molecule has 1 heterocycles. The number of hydrogen-bond donors (Lipinski definition) is 3. The van der Waals surface area contributed by atoms with Crippen LogP contribution in [0, 0.1) is 0 Å². The Kier molecular flexibility index (Phi) is 6.77. The average Bonchev–Trinajstić information content (AvgIpc) is 2.71. The van der Waals surface area contributed by atoms with Crippen LogP contribution in [0.5, 0.6) is 5.75 Å². The molecule has 6 nitrogen and oxygen atoms in total. The van der Waals surface area contributed by atoms with E-state index in [-0.39, 0.29) is 24.1 Å². The zero-order valence-electron chi connectivity index (χ0n) is 16.7. The first kappa shape index (κ1) is 21.1. The lowest BCUT2D eigenvalue weighted by molar-refractivity contribution is 0.0927. The highest BCUT2D eigenvalue weighted by Crippen LogP contribution is 2.35. The molecule has 0 fully saturated rings. The Morgan fingerprint density at radius 2 is 2.00 bits per heavy atom. The summed E-state index contributed by atoms with van der Waals surface area (Å²) in [6.45, 7) is 3.97. The number of aliphatic imine (C=N–C) groups is 1. The van der Waals surface area contributed by atoms with Gasteiger partial charge in [-0.1, -0.05) is 37.4 Å². The highest BCUT2D eigenvalue weighted by Gasteiger charge is 2.24. The van der Waals surface area contributed by atoms with Gasteiger partial charge in [0.2, 0.25) is 0 Å². The van der Waals surface area contributed by atoms with E-state index in [2.05, 4.69) is 17.2 Å². The molecule has 0 saturated carbocycles. The molecule has 0 aliphatic carbocycles. The van der Waals surface area contributed by atoms with Crippen molar-refractivity contribution in [3.63, 3.8) is 0 Å². The summed E-state index contributed by atoms with van der Waals surface area (Å²) in [7, 11) is 0. The fourth-order valence-electron chi connectivity index (χ4n) is 3.26. The van der Waals surface area contributed by atoms with E-state index >= 15 is 0 Å². The van der Waals surface area contributed by atoms with Gasteiger partial charge < -0.3 is 21.5 Å². The minimum absolute atomic E-state index is 0.171. The molecule has 2 aromatic carbocycles. The Morgan fingerprint density at radius 1 is 1.28 bits per heavy atom. The van der Waals surface area contributed by atoms with Crippen LogP contribution in [-0.2, 0) is 0 Å². The largest absolute Gasteiger partial charge is 0.481 e. The number of halogens is 1. The van der Waals surface area contributed by atoms with Gasteiger partial charge in [0.1, 0.15) is 17.3 Å². The van der Waals surface area contributed by atoms with Crippen LogP contribution in [0.4, 0.5) is 5.69 Å². The third kappa shape index (κ3) is 5.08. The van der Waals surface area contributed by atoms with Gasteiger partial charge in [-0.25, -0.2) is 4.99 Å². The summed E-state index contributed by atoms with van der Waals surface area (Å²) in [4.78, 5) is 17.1. The van der Waals surface area contributed by atoms with Crippen molar-refractivity contribution in [2.24, 2.45) is 16.5 Å². The standard InChI is InChI=1S/C22H27ClN4O2/c1-3-4-5-17(27-22(28)14-6-9-16(23)10-7-14)20(24)15-8-11-19-18(12-15)26-21(25)13(2)29-19/h6-13,17,20H,3-5,24H2,1-2H3,(H2,25,26)(H,27,28). The Hall–Kier alpha value is -2.57. The van der Waals surface area contributed by atoms with Crippen molar-refractivity contribution >= 4 is 29.0 Å². The van der Waals surface area contributed by atoms with E-state index in [9.17, 15) is 4.79 Å². The molecule has 0 saturated heterocycles. The maximum Gasteiger partial charge on any atom is 0.251 e. The number of nitrogens with one attached hydrogen (secondary N) is 1. The molecule has 3 unspecified atom stereocenters. The molecule has 1 aliphatic heterocycles. The first-order valence-corrected chi connectivity index (χ1v) is 10.2. The zero-order chi connectivity index (χ0) is 21.0. The van der Waals surface area contributed by atoms with E-state index in [1.54, 1.807) is 24.3 Å². The molecule has 154 valence electrons. The maximum atomic E-state index is 12.7. The zero-order valence-corrected chi connectivity index (χ0v) is 17.4. The highest BCUT2D eigenvalue weighted by atomic mass is 35.5. The molecule has 3 rings (SSSR count). The van der Waals surface area contributed by atoms with E-state index in [0.29, 0.717) is 27.9 Å². The number of ether oxygens (including phenoxy) is 1. The monoisotopic (exact) mass is 414 g/mol. The molecule has 7 heteroatoms. The molecule has 29 heavy (non-hydrogen) atoms. The van der Waals surface area contributed by atoms with Gasteiger partial charge in [-0.15, -0.1) is 0 Å². The molecule has 3 atom stereocenters. The second-order valence-electron chi connectivity index (χ2n) is 7.28. The van der Waals surface area contributed by atoms with Crippen LogP contribution in [-0.4, -0.2) is 23.9 Å². The van der Waals surface area contributed by atoms with Crippen LogP contribution < -0.4 is 21.5 Å². The van der Waals surface area contributed by atoms with Crippen LogP contribution in [0.3, 0.4) is 0 Å². The van der Waals surface area contributed by atoms with Gasteiger partial charge in [-0.2, -0.15) is 0 Å². The highest BCUT2D eigenvalue weighted by molar-refractivity contribution is 6.30. The summed E-state index contributed by atoms with van der Waals surface area (Å²) in [5.74, 6) is 0.940. The lowest BCUT2D eigenvalue weighted by Crippen LogP contribution is -2.42. The molecule has 1 amide bonds. The Balaban J connectivity index is 1.81. The molecule has 0 spiro atoms. The SMILES string of the molecule is CCCCC(NC(=O)c1ccc(Cl)cc1)C(N)c1ccc2c(c1)N=C(N)C(C)O2. The number of hydrogen-bond acceptors (Lipinski definition) is 5. The number of carbonyl (C=O) groups excluding carboxylic acids is 1. The first-order chi connectivity index (χ1) is 13.9. The molecule has 0 bridgehead atoms. The van der Waals surface area contributed by atoms with Crippen LogP contribution in [0.25, 0.3) is 0 Å². The molecular weight excluding hydrogens is 388 g/mol. The molecular formula is C22H27ClN4O2. The van der Waals surface area contributed by atoms with E-state index in [1.807, 2.05) is 25.1 Å². The van der Waals surface area contributed by atoms with E-state index in [0.717, 1.165) is 24.8 Å². The number of amides is 1. The topological polar surface area (TPSA) is 103 Å². The second kappa shape index (κ2) is 9.29. The number of nitrogens with two attached hydrogens (primary N) is 2. The smallest absolute Gasteiger partial charge is 0.251 e. The molecule has 1 aliphatic rings. The lowest BCUT2D eigenvalue weighted by atomic mass is 9.94. The molecule has 0 aromatic heterocycles. The van der Waals surface area contributed by atoms with Crippen LogP contribution >= 0.6 is 11.6 Å². The van der Waals surface area contributed by atoms with Gasteiger partial charge in [-0.3, -0.25) is 4.79 Å². The number of amidine groups is 1. The summed E-state index contributed by atoms with van der Waals surface area (Å²) in [6, 6.07) is 11.8. The fourth-order valence-corrected chi connectivity index (χ4v) is 3.39. The summed E-state index contributed by atoms with van der Waals surface area (Å²) in [5.41, 5.74) is 14.6. The third-order valence-electron chi connectivity index (χ3n) is 5.06. The Bertz CT molecular complexity index is 898. The number of fused-ring (bicyclic) bond motifs is 1. The Labute approximate surface area is 176 Å². The summed E-state index contributed by atoms with van der Waals surface area (Å²) >= 11 is 5.92. The van der Waals surface area contributed by atoms with Crippen molar-refractivity contribution in [2.45, 2.75) is 51.3 Å². The number of rotatable bonds is 7. The maximum absolute atomic E-state index is 12.7. The normalized spacial score (nSPS) is 17.5. The second-order valence-corrected chi connectivity index (χ2v) is 7.72. The van der Waals surface area contributed by atoms with Gasteiger partial charge in [0.05, 0.1) is 6.04 Å². The van der Waals surface area contributed by atoms with Crippen molar-refractivity contribution in [2.75, 3.05) is 0 Å². The number of nitrogens with zero attached hydrogens (tertiary/aromatic N) is 1. The molecule has 2 aromatic rings. The van der Waals surface area contributed by atoms with Gasteiger partial charge >= 0.3 is 0 Å². The van der Waals surface area contributed by atoms with Gasteiger partial charge in [0.15, 0.2) is 6.10 Å². The van der Waals surface area contributed by atoms with E-state index in [4.69, 9.17) is 27.8 Å². The van der Waals surface area contributed by atoms with Crippen molar-refractivity contribution in [1.29, 1.82) is 0 Å². The van der Waals surface area contributed by atoms with Crippen molar-refractivity contribution < 1.29 is 9.53 Å². The lowest BCUT2D eigenvalue weighted by Gasteiger charge is -2.27. The van der Waals surface area contributed by atoms with Crippen LogP contribution in [0.1, 0.15) is 55.1 Å². The quantitative estimate of drug-likeness (QED) is 0.634. The van der Waals surface area contributed by atoms with Crippen LogP contribution in [0.2, 0.25) is 5.02 Å².